The topological polar surface area (TPSA) is 75.7 Å². The number of rotatable bonds is 5. The maximum Gasteiger partial charge on any atom is 0.308 e. The number of benzene rings is 1. The number of fused-ring (bicyclic) bond motifs is 1. The second kappa shape index (κ2) is 6.88. The van der Waals surface area contributed by atoms with Gasteiger partial charge in [-0.25, -0.2) is 0 Å². The molecule has 0 fully saturated rings. The van der Waals surface area contributed by atoms with Crippen molar-refractivity contribution in [3.8, 4) is 0 Å². The lowest BCUT2D eigenvalue weighted by Gasteiger charge is -2.17. The van der Waals surface area contributed by atoms with Crippen LogP contribution in [0.25, 0.3) is 0 Å². The molecule has 112 valence electrons. The normalized spacial score (nSPS) is 12.7. The monoisotopic (exact) mass is 290 g/mol. The van der Waals surface area contributed by atoms with E-state index in [1.54, 1.807) is 4.90 Å². The van der Waals surface area contributed by atoms with Crippen molar-refractivity contribution in [2.24, 2.45) is 0 Å². The Morgan fingerprint density at radius 3 is 2.81 bits per heavy atom. The molecule has 1 aliphatic heterocycles. The van der Waals surface area contributed by atoms with Crippen molar-refractivity contribution in [3.63, 3.8) is 0 Å². The van der Waals surface area contributed by atoms with E-state index < -0.39 is 5.97 Å². The molecule has 2 rings (SSSR count). The molecular formula is C15H18N2O4. The predicted octanol–water partition coefficient (Wildman–Crippen LogP) is 0.645. The minimum absolute atomic E-state index is 0.0590. The maximum atomic E-state index is 12.1. The number of carbonyl (C=O) groups excluding carboxylic acids is 3. The van der Waals surface area contributed by atoms with Crippen molar-refractivity contribution in [2.45, 2.75) is 19.8 Å². The average Bonchev–Trinajstić information content (AvgIpc) is 2.88. The summed E-state index contributed by atoms with van der Waals surface area (Å²) in [6.45, 7) is 1.93. The zero-order chi connectivity index (χ0) is 15.2. The van der Waals surface area contributed by atoms with E-state index in [9.17, 15) is 14.4 Å². The molecule has 0 aliphatic carbocycles. The SMILES string of the molecule is CC(=O)NCCC(=O)OCC(=O)N1CCc2ccccc21. The van der Waals surface area contributed by atoms with Crippen LogP contribution in [0.15, 0.2) is 24.3 Å². The van der Waals surface area contributed by atoms with Gasteiger partial charge in [-0.05, 0) is 18.1 Å². The first-order valence-corrected chi connectivity index (χ1v) is 6.86. The number of nitrogens with one attached hydrogen (secondary N) is 1. The van der Waals surface area contributed by atoms with Gasteiger partial charge in [-0.15, -0.1) is 0 Å². The molecule has 0 saturated carbocycles. The molecule has 0 unspecified atom stereocenters. The molecule has 0 spiro atoms. The van der Waals surface area contributed by atoms with Crippen molar-refractivity contribution in [3.05, 3.63) is 29.8 Å². The van der Waals surface area contributed by atoms with E-state index in [0.717, 1.165) is 17.7 Å². The van der Waals surface area contributed by atoms with E-state index in [-0.39, 0.29) is 31.4 Å². The predicted molar refractivity (Wildman–Crippen MR) is 76.8 cm³/mol. The highest BCUT2D eigenvalue weighted by Crippen LogP contribution is 2.27. The van der Waals surface area contributed by atoms with Gasteiger partial charge >= 0.3 is 5.97 Å². The van der Waals surface area contributed by atoms with Crippen LogP contribution in [0.5, 0.6) is 0 Å². The van der Waals surface area contributed by atoms with E-state index in [0.29, 0.717) is 6.54 Å². The fourth-order valence-electron chi connectivity index (χ4n) is 2.23. The van der Waals surface area contributed by atoms with Gasteiger partial charge in [0.15, 0.2) is 6.61 Å². The molecule has 21 heavy (non-hydrogen) atoms. The first-order chi connectivity index (χ1) is 10.1. The van der Waals surface area contributed by atoms with Crippen LogP contribution in [-0.2, 0) is 25.5 Å². The first kappa shape index (κ1) is 15.0. The molecule has 1 aromatic rings. The summed E-state index contributed by atoms with van der Waals surface area (Å²) in [4.78, 5) is 35.8. The summed E-state index contributed by atoms with van der Waals surface area (Å²) in [6, 6.07) is 7.69. The largest absolute Gasteiger partial charge is 0.455 e. The number of hydrogen-bond acceptors (Lipinski definition) is 4. The molecule has 0 saturated heterocycles. The summed E-state index contributed by atoms with van der Waals surface area (Å²) in [5.74, 6) is -0.926. The molecule has 0 atom stereocenters. The highest BCUT2D eigenvalue weighted by molar-refractivity contribution is 5.97. The highest BCUT2D eigenvalue weighted by atomic mass is 16.5. The quantitative estimate of drug-likeness (QED) is 0.808. The van der Waals surface area contributed by atoms with Gasteiger partial charge in [-0.3, -0.25) is 14.4 Å². The summed E-state index contributed by atoms with van der Waals surface area (Å²) < 4.78 is 4.93. The third kappa shape index (κ3) is 4.05. The molecule has 6 heteroatoms. The van der Waals surface area contributed by atoms with Gasteiger partial charge in [0.05, 0.1) is 6.42 Å². The molecule has 1 aliphatic rings. The molecular weight excluding hydrogens is 272 g/mol. The molecule has 2 amide bonds. The van der Waals surface area contributed by atoms with E-state index in [2.05, 4.69) is 5.32 Å². The Labute approximate surface area is 123 Å². The molecule has 1 heterocycles. The van der Waals surface area contributed by atoms with Crippen LogP contribution >= 0.6 is 0 Å². The van der Waals surface area contributed by atoms with Gasteiger partial charge in [0.1, 0.15) is 0 Å². The van der Waals surface area contributed by atoms with Gasteiger partial charge in [-0.2, -0.15) is 0 Å². The third-order valence-electron chi connectivity index (χ3n) is 3.25. The number of esters is 1. The van der Waals surface area contributed by atoms with Gasteiger partial charge in [0.2, 0.25) is 5.91 Å². The number of para-hydroxylation sites is 1. The molecule has 1 aromatic carbocycles. The number of nitrogens with zero attached hydrogens (tertiary/aromatic N) is 1. The summed E-state index contributed by atoms with van der Waals surface area (Å²) in [6.07, 6.45) is 0.877. The van der Waals surface area contributed by atoms with E-state index in [1.165, 1.54) is 6.92 Å². The van der Waals surface area contributed by atoms with Crippen molar-refractivity contribution in [1.82, 2.24) is 5.32 Å². The Morgan fingerprint density at radius 2 is 2.05 bits per heavy atom. The Kier molecular flexibility index (Phi) is 4.92. The number of amides is 2. The van der Waals surface area contributed by atoms with Crippen LogP contribution < -0.4 is 10.2 Å². The third-order valence-corrected chi connectivity index (χ3v) is 3.25. The highest BCUT2D eigenvalue weighted by Gasteiger charge is 2.24. The Balaban J connectivity index is 1.78. The number of hydrogen-bond donors (Lipinski definition) is 1. The average molecular weight is 290 g/mol. The fourth-order valence-corrected chi connectivity index (χ4v) is 2.23. The zero-order valence-electron chi connectivity index (χ0n) is 11.9. The molecule has 0 bridgehead atoms. The summed E-state index contributed by atoms with van der Waals surface area (Å²) in [5, 5.41) is 2.50. The van der Waals surface area contributed by atoms with E-state index in [1.807, 2.05) is 24.3 Å². The van der Waals surface area contributed by atoms with Crippen molar-refractivity contribution >= 4 is 23.5 Å². The Bertz CT molecular complexity index is 556. The minimum atomic E-state index is -0.496. The van der Waals surface area contributed by atoms with Crippen LogP contribution in [0.2, 0.25) is 0 Å². The van der Waals surface area contributed by atoms with Crippen molar-refractivity contribution in [2.75, 3.05) is 24.6 Å². The molecule has 6 nitrogen and oxygen atoms in total. The second-order valence-electron chi connectivity index (χ2n) is 4.82. The molecule has 1 N–H and O–H groups in total. The van der Waals surface area contributed by atoms with Crippen LogP contribution in [0.1, 0.15) is 18.9 Å². The van der Waals surface area contributed by atoms with Gasteiger partial charge in [0, 0.05) is 25.7 Å². The first-order valence-electron chi connectivity index (χ1n) is 6.86. The lowest BCUT2D eigenvalue weighted by molar-refractivity contribution is -0.147. The van der Waals surface area contributed by atoms with Crippen LogP contribution in [0.4, 0.5) is 5.69 Å². The Hall–Kier alpha value is -2.37. The number of ether oxygens (including phenoxy) is 1. The molecule has 0 aromatic heterocycles. The lowest BCUT2D eigenvalue weighted by atomic mass is 10.2. The van der Waals surface area contributed by atoms with Crippen molar-refractivity contribution < 1.29 is 19.1 Å². The van der Waals surface area contributed by atoms with Gasteiger partial charge < -0.3 is 15.0 Å². The van der Waals surface area contributed by atoms with Crippen molar-refractivity contribution in [1.29, 1.82) is 0 Å². The summed E-state index contributed by atoms with van der Waals surface area (Å²) in [7, 11) is 0. The lowest BCUT2D eigenvalue weighted by Crippen LogP contribution is -2.33. The summed E-state index contributed by atoms with van der Waals surface area (Å²) in [5.41, 5.74) is 2.01. The number of carbonyl (C=O) groups is 3. The summed E-state index contributed by atoms with van der Waals surface area (Å²) >= 11 is 0. The molecule has 0 radical (unpaired) electrons. The standard InChI is InChI=1S/C15H18N2O4/c1-11(18)16-8-6-15(20)21-10-14(19)17-9-7-12-4-2-3-5-13(12)17/h2-5H,6-10H2,1H3,(H,16,18). The second-order valence-corrected chi connectivity index (χ2v) is 4.82. The number of anilines is 1. The smallest absolute Gasteiger partial charge is 0.308 e. The maximum absolute atomic E-state index is 12.1. The van der Waals surface area contributed by atoms with Crippen LogP contribution in [-0.4, -0.2) is 37.5 Å². The zero-order valence-corrected chi connectivity index (χ0v) is 11.9. The Morgan fingerprint density at radius 1 is 1.29 bits per heavy atom. The van der Waals surface area contributed by atoms with Gasteiger partial charge in [0.25, 0.3) is 5.91 Å². The van der Waals surface area contributed by atoms with E-state index >= 15 is 0 Å². The van der Waals surface area contributed by atoms with Crippen LogP contribution in [0.3, 0.4) is 0 Å². The minimum Gasteiger partial charge on any atom is -0.455 e. The van der Waals surface area contributed by atoms with Gasteiger partial charge in [-0.1, -0.05) is 18.2 Å². The fraction of sp³-hybridized carbons (Fsp3) is 0.400. The van der Waals surface area contributed by atoms with E-state index in [4.69, 9.17) is 4.74 Å². The van der Waals surface area contributed by atoms with Crippen LogP contribution in [0, 0.1) is 0 Å².